The lowest BCUT2D eigenvalue weighted by Crippen LogP contribution is -2.15. The number of nitrogens with one attached hydrogen (secondary N) is 2. The molecule has 1 amide bonds. The molecule has 2 N–H and O–H groups in total. The second-order valence-corrected chi connectivity index (χ2v) is 6.06. The Morgan fingerprint density at radius 3 is 2.58 bits per heavy atom. The van der Waals surface area contributed by atoms with Gasteiger partial charge in [-0.25, -0.2) is 9.37 Å². The van der Waals surface area contributed by atoms with E-state index < -0.39 is 0 Å². The normalized spacial score (nSPS) is 11.6. The molecule has 26 heavy (non-hydrogen) atoms. The van der Waals surface area contributed by atoms with Crippen LogP contribution < -0.4 is 10.6 Å². The fraction of sp³-hybridized carbons (Fsp3) is 0.143. The molecule has 0 saturated carbocycles. The summed E-state index contributed by atoms with van der Waals surface area (Å²) in [6.45, 7) is 2.06. The van der Waals surface area contributed by atoms with E-state index in [1.165, 1.54) is 17.7 Å². The van der Waals surface area contributed by atoms with Gasteiger partial charge in [-0.2, -0.15) is 0 Å². The SMILES string of the molecule is CC(Nc1ccc(NC(=O)Cc2cccc(F)c2)cn1)c1ccccc1. The Bertz CT molecular complexity index is 866. The van der Waals surface area contributed by atoms with E-state index in [1.807, 2.05) is 24.3 Å². The molecule has 1 heterocycles. The molecule has 3 aromatic rings. The van der Waals surface area contributed by atoms with Crippen molar-refractivity contribution in [1.29, 1.82) is 0 Å². The third-order valence-corrected chi connectivity index (χ3v) is 3.96. The number of hydrogen-bond donors (Lipinski definition) is 2. The van der Waals surface area contributed by atoms with Crippen molar-refractivity contribution in [3.63, 3.8) is 0 Å². The van der Waals surface area contributed by atoms with Crippen molar-refractivity contribution in [2.45, 2.75) is 19.4 Å². The van der Waals surface area contributed by atoms with Crippen molar-refractivity contribution in [3.05, 3.63) is 89.9 Å². The molecule has 4 nitrogen and oxygen atoms in total. The number of anilines is 2. The van der Waals surface area contributed by atoms with Crippen molar-refractivity contribution < 1.29 is 9.18 Å². The van der Waals surface area contributed by atoms with Gasteiger partial charge in [-0.05, 0) is 42.3 Å². The molecular formula is C21H20FN3O. The summed E-state index contributed by atoms with van der Waals surface area (Å²) in [7, 11) is 0. The summed E-state index contributed by atoms with van der Waals surface area (Å²) in [5.41, 5.74) is 2.40. The van der Waals surface area contributed by atoms with E-state index in [4.69, 9.17) is 0 Å². The molecule has 0 aliphatic rings. The standard InChI is InChI=1S/C21H20FN3O/c1-15(17-7-3-2-4-8-17)24-20-11-10-19(14-23-20)25-21(26)13-16-6-5-9-18(22)12-16/h2-12,14-15H,13H2,1H3,(H,23,24)(H,25,26). The minimum absolute atomic E-state index is 0.114. The Balaban J connectivity index is 1.56. The molecule has 2 aromatic carbocycles. The second kappa shape index (κ2) is 8.25. The van der Waals surface area contributed by atoms with Gasteiger partial charge in [-0.1, -0.05) is 42.5 Å². The van der Waals surface area contributed by atoms with Gasteiger partial charge >= 0.3 is 0 Å². The molecule has 0 fully saturated rings. The van der Waals surface area contributed by atoms with Crippen molar-refractivity contribution >= 4 is 17.4 Å². The quantitative estimate of drug-likeness (QED) is 0.685. The minimum atomic E-state index is -0.347. The zero-order chi connectivity index (χ0) is 18.4. The Labute approximate surface area is 152 Å². The van der Waals surface area contributed by atoms with E-state index in [0.29, 0.717) is 11.3 Å². The number of carbonyl (C=O) groups excluding carboxylic acids is 1. The van der Waals surface area contributed by atoms with Crippen LogP contribution in [0.3, 0.4) is 0 Å². The zero-order valence-corrected chi connectivity index (χ0v) is 14.4. The maximum atomic E-state index is 13.2. The van der Waals surface area contributed by atoms with Crippen LogP contribution in [0.5, 0.6) is 0 Å². The molecule has 3 rings (SSSR count). The number of carbonyl (C=O) groups is 1. The lowest BCUT2D eigenvalue weighted by molar-refractivity contribution is -0.115. The summed E-state index contributed by atoms with van der Waals surface area (Å²) in [6, 6.07) is 19.8. The molecule has 0 aliphatic heterocycles. The highest BCUT2D eigenvalue weighted by Crippen LogP contribution is 2.18. The molecule has 0 spiro atoms. The number of nitrogens with zero attached hydrogens (tertiary/aromatic N) is 1. The third-order valence-electron chi connectivity index (χ3n) is 3.96. The van der Waals surface area contributed by atoms with E-state index in [1.54, 1.807) is 24.4 Å². The lowest BCUT2D eigenvalue weighted by Gasteiger charge is -2.15. The van der Waals surface area contributed by atoms with Crippen molar-refractivity contribution in [2.75, 3.05) is 10.6 Å². The van der Waals surface area contributed by atoms with Gasteiger partial charge in [-0.15, -0.1) is 0 Å². The highest BCUT2D eigenvalue weighted by Gasteiger charge is 2.07. The second-order valence-electron chi connectivity index (χ2n) is 6.06. The number of amides is 1. The summed E-state index contributed by atoms with van der Waals surface area (Å²) in [5.74, 6) is 0.167. The molecule has 0 bridgehead atoms. The lowest BCUT2D eigenvalue weighted by atomic mass is 10.1. The minimum Gasteiger partial charge on any atom is -0.364 e. The summed E-state index contributed by atoms with van der Waals surface area (Å²) >= 11 is 0. The maximum absolute atomic E-state index is 13.2. The molecular weight excluding hydrogens is 329 g/mol. The van der Waals surface area contributed by atoms with Crippen molar-refractivity contribution in [1.82, 2.24) is 4.98 Å². The van der Waals surface area contributed by atoms with Gasteiger partial charge in [0.05, 0.1) is 18.3 Å². The van der Waals surface area contributed by atoms with Gasteiger partial charge in [0.1, 0.15) is 11.6 Å². The number of benzene rings is 2. The topological polar surface area (TPSA) is 54.0 Å². The number of aromatic nitrogens is 1. The first kappa shape index (κ1) is 17.6. The first-order valence-corrected chi connectivity index (χ1v) is 8.42. The van der Waals surface area contributed by atoms with Gasteiger partial charge in [0.15, 0.2) is 0 Å². The first-order chi connectivity index (χ1) is 12.6. The summed E-state index contributed by atoms with van der Waals surface area (Å²) in [4.78, 5) is 16.4. The van der Waals surface area contributed by atoms with E-state index >= 15 is 0 Å². The van der Waals surface area contributed by atoms with Crippen LogP contribution in [0.4, 0.5) is 15.9 Å². The van der Waals surface area contributed by atoms with E-state index in [2.05, 4.69) is 34.7 Å². The van der Waals surface area contributed by atoms with Crippen LogP contribution in [0.1, 0.15) is 24.1 Å². The molecule has 5 heteroatoms. The number of pyridine rings is 1. The molecule has 0 radical (unpaired) electrons. The molecule has 132 valence electrons. The fourth-order valence-electron chi connectivity index (χ4n) is 2.64. The monoisotopic (exact) mass is 349 g/mol. The van der Waals surface area contributed by atoms with Crippen LogP contribution in [0, 0.1) is 5.82 Å². The summed E-state index contributed by atoms with van der Waals surface area (Å²) < 4.78 is 13.2. The van der Waals surface area contributed by atoms with Crippen LogP contribution in [-0.4, -0.2) is 10.9 Å². The molecule has 0 aliphatic carbocycles. The zero-order valence-electron chi connectivity index (χ0n) is 14.4. The van der Waals surface area contributed by atoms with Gasteiger partial charge in [0.25, 0.3) is 0 Å². The Morgan fingerprint density at radius 1 is 1.08 bits per heavy atom. The molecule has 1 aromatic heterocycles. The largest absolute Gasteiger partial charge is 0.364 e. The van der Waals surface area contributed by atoms with Crippen LogP contribution in [-0.2, 0) is 11.2 Å². The van der Waals surface area contributed by atoms with Crippen molar-refractivity contribution in [2.24, 2.45) is 0 Å². The maximum Gasteiger partial charge on any atom is 0.228 e. The molecule has 0 saturated heterocycles. The van der Waals surface area contributed by atoms with E-state index in [9.17, 15) is 9.18 Å². The van der Waals surface area contributed by atoms with Crippen molar-refractivity contribution in [3.8, 4) is 0 Å². The molecule has 1 atom stereocenters. The highest BCUT2D eigenvalue weighted by molar-refractivity contribution is 5.92. The Hall–Kier alpha value is -3.21. The number of rotatable bonds is 6. The third kappa shape index (κ3) is 4.89. The number of halogens is 1. The first-order valence-electron chi connectivity index (χ1n) is 8.42. The smallest absolute Gasteiger partial charge is 0.228 e. The van der Waals surface area contributed by atoms with E-state index in [-0.39, 0.29) is 24.2 Å². The highest BCUT2D eigenvalue weighted by atomic mass is 19.1. The van der Waals surface area contributed by atoms with Crippen LogP contribution in [0.2, 0.25) is 0 Å². The molecule has 1 unspecified atom stereocenters. The predicted octanol–water partition coefficient (Wildman–Crippen LogP) is 4.58. The van der Waals surface area contributed by atoms with Gasteiger partial charge < -0.3 is 10.6 Å². The average Bonchev–Trinajstić information content (AvgIpc) is 2.64. The van der Waals surface area contributed by atoms with Crippen LogP contribution in [0.25, 0.3) is 0 Å². The van der Waals surface area contributed by atoms with Crippen LogP contribution in [0.15, 0.2) is 72.9 Å². The predicted molar refractivity (Wildman–Crippen MR) is 101 cm³/mol. The van der Waals surface area contributed by atoms with Gasteiger partial charge in [0.2, 0.25) is 5.91 Å². The Kier molecular flexibility index (Phi) is 5.59. The summed E-state index contributed by atoms with van der Waals surface area (Å²) in [5, 5.41) is 6.09. The average molecular weight is 349 g/mol. The van der Waals surface area contributed by atoms with Crippen LogP contribution >= 0.6 is 0 Å². The van der Waals surface area contributed by atoms with Gasteiger partial charge in [-0.3, -0.25) is 4.79 Å². The Morgan fingerprint density at radius 2 is 1.88 bits per heavy atom. The summed E-state index contributed by atoms with van der Waals surface area (Å²) in [6.07, 6.45) is 1.71. The fourth-order valence-corrected chi connectivity index (χ4v) is 2.64. The number of hydrogen-bond acceptors (Lipinski definition) is 3. The van der Waals surface area contributed by atoms with Gasteiger partial charge in [0, 0.05) is 6.04 Å². The van der Waals surface area contributed by atoms with E-state index in [0.717, 1.165) is 5.82 Å².